The third-order valence-electron chi connectivity index (χ3n) is 5.44. The Bertz CT molecular complexity index is 978. The van der Waals surface area contributed by atoms with Gasteiger partial charge in [0.1, 0.15) is 6.04 Å². The molecule has 8 heteroatoms. The first-order chi connectivity index (χ1) is 14.5. The van der Waals surface area contributed by atoms with Crippen molar-refractivity contribution in [2.45, 2.75) is 71.4 Å². The molecule has 168 valence electrons. The normalized spacial score (nSPS) is 17.2. The molecular formula is C23H30Cl2N4O2. The molecule has 2 amide bonds. The molecule has 1 unspecified atom stereocenters. The van der Waals surface area contributed by atoms with Crippen molar-refractivity contribution >= 4 is 40.7 Å². The summed E-state index contributed by atoms with van der Waals surface area (Å²) in [7, 11) is 0. The highest BCUT2D eigenvalue weighted by molar-refractivity contribution is 6.35. The predicted molar refractivity (Wildman–Crippen MR) is 125 cm³/mol. The summed E-state index contributed by atoms with van der Waals surface area (Å²) < 4.78 is 1.91. The number of halogens is 2. The van der Waals surface area contributed by atoms with Gasteiger partial charge in [-0.25, -0.2) is 0 Å². The number of rotatable bonds is 4. The van der Waals surface area contributed by atoms with Crippen LogP contribution in [0.15, 0.2) is 24.3 Å². The molecule has 1 atom stereocenters. The number of anilines is 1. The van der Waals surface area contributed by atoms with Gasteiger partial charge in [0.05, 0.1) is 16.2 Å². The van der Waals surface area contributed by atoms with E-state index < -0.39 is 6.04 Å². The van der Waals surface area contributed by atoms with Crippen molar-refractivity contribution in [2.24, 2.45) is 0 Å². The summed E-state index contributed by atoms with van der Waals surface area (Å²) in [6.07, 6.45) is 2.32. The molecule has 1 aromatic heterocycles. The Balaban J connectivity index is 1.87. The molecule has 0 spiro atoms. The number of nitrogens with one attached hydrogen (secondary N) is 1. The van der Waals surface area contributed by atoms with E-state index in [-0.39, 0.29) is 23.3 Å². The maximum Gasteiger partial charge on any atom is 0.275 e. The fraction of sp³-hybridized carbons (Fsp3) is 0.522. The molecule has 0 bridgehead atoms. The maximum absolute atomic E-state index is 13.4. The largest absolute Gasteiger partial charge is 0.325 e. The number of benzene rings is 1. The lowest BCUT2D eigenvalue weighted by atomic mass is 10.0. The van der Waals surface area contributed by atoms with Gasteiger partial charge in [-0.05, 0) is 70.2 Å². The van der Waals surface area contributed by atoms with Crippen LogP contribution in [0.2, 0.25) is 10.0 Å². The second-order valence-corrected chi connectivity index (χ2v) is 10.2. The fourth-order valence-electron chi connectivity index (χ4n) is 3.85. The average molecular weight is 465 g/mol. The van der Waals surface area contributed by atoms with Crippen LogP contribution in [0.5, 0.6) is 0 Å². The van der Waals surface area contributed by atoms with Gasteiger partial charge in [-0.2, -0.15) is 5.10 Å². The zero-order valence-corrected chi connectivity index (χ0v) is 20.2. The minimum absolute atomic E-state index is 0.220. The first-order valence-corrected chi connectivity index (χ1v) is 11.4. The number of hydrogen-bond acceptors (Lipinski definition) is 3. The van der Waals surface area contributed by atoms with Crippen LogP contribution in [0.25, 0.3) is 0 Å². The van der Waals surface area contributed by atoms with Gasteiger partial charge in [-0.1, -0.05) is 37.0 Å². The van der Waals surface area contributed by atoms with E-state index >= 15 is 0 Å². The van der Waals surface area contributed by atoms with Crippen LogP contribution in [-0.2, 0) is 10.3 Å². The Kier molecular flexibility index (Phi) is 7.01. The lowest BCUT2D eigenvalue weighted by Gasteiger charge is -2.34. The van der Waals surface area contributed by atoms with Gasteiger partial charge < -0.3 is 10.2 Å². The third kappa shape index (κ3) is 5.24. The number of likely N-dealkylation sites (tertiary alicyclic amines) is 1. The van der Waals surface area contributed by atoms with Gasteiger partial charge in [0.25, 0.3) is 5.91 Å². The van der Waals surface area contributed by atoms with Gasteiger partial charge in [-0.3, -0.25) is 14.3 Å². The van der Waals surface area contributed by atoms with Crippen molar-refractivity contribution in [1.82, 2.24) is 14.7 Å². The van der Waals surface area contributed by atoms with Crippen LogP contribution in [0.4, 0.5) is 5.69 Å². The van der Waals surface area contributed by atoms with E-state index in [4.69, 9.17) is 23.2 Å². The summed E-state index contributed by atoms with van der Waals surface area (Å²) in [4.78, 5) is 28.1. The molecule has 1 N–H and O–H groups in total. The van der Waals surface area contributed by atoms with Gasteiger partial charge in [-0.15, -0.1) is 0 Å². The zero-order valence-electron chi connectivity index (χ0n) is 18.7. The highest BCUT2D eigenvalue weighted by atomic mass is 35.5. The van der Waals surface area contributed by atoms with Gasteiger partial charge in [0, 0.05) is 17.3 Å². The third-order valence-corrected chi connectivity index (χ3v) is 6.00. The Labute approximate surface area is 193 Å². The lowest BCUT2D eigenvalue weighted by Crippen LogP contribution is -2.50. The van der Waals surface area contributed by atoms with Crippen LogP contribution < -0.4 is 5.32 Å². The van der Waals surface area contributed by atoms with Crippen molar-refractivity contribution in [2.75, 3.05) is 11.9 Å². The Morgan fingerprint density at radius 1 is 1.16 bits per heavy atom. The number of carbonyl (C=O) groups excluding carboxylic acids is 2. The van der Waals surface area contributed by atoms with E-state index in [2.05, 4.69) is 45.0 Å². The van der Waals surface area contributed by atoms with Crippen LogP contribution in [0.1, 0.15) is 76.0 Å². The summed E-state index contributed by atoms with van der Waals surface area (Å²) in [5.41, 5.74) is 1.56. The molecule has 0 saturated carbocycles. The molecule has 1 aliphatic heterocycles. The molecule has 31 heavy (non-hydrogen) atoms. The second kappa shape index (κ2) is 9.21. The summed E-state index contributed by atoms with van der Waals surface area (Å²) in [6.45, 7) is 10.9. The van der Waals surface area contributed by atoms with Crippen LogP contribution in [-0.4, -0.2) is 39.1 Å². The summed E-state index contributed by atoms with van der Waals surface area (Å²) >= 11 is 12.2. The van der Waals surface area contributed by atoms with Crippen molar-refractivity contribution in [3.63, 3.8) is 0 Å². The molecule has 0 aliphatic carbocycles. The van der Waals surface area contributed by atoms with Crippen LogP contribution >= 0.6 is 23.2 Å². The molecule has 3 rings (SSSR count). The maximum atomic E-state index is 13.4. The number of piperidine rings is 1. The SMILES string of the molecule is CC(C)c1cc(C(=O)N2CCCCC2C(=O)Nc2cc(Cl)ccc2Cl)nn1C(C)(C)C. The van der Waals surface area contributed by atoms with Gasteiger partial charge >= 0.3 is 0 Å². The van der Waals surface area contributed by atoms with Crippen LogP contribution in [0, 0.1) is 0 Å². The molecule has 1 aromatic carbocycles. The first-order valence-electron chi connectivity index (χ1n) is 10.7. The highest BCUT2D eigenvalue weighted by Crippen LogP contribution is 2.28. The average Bonchev–Trinajstić information content (AvgIpc) is 3.16. The highest BCUT2D eigenvalue weighted by Gasteiger charge is 2.35. The predicted octanol–water partition coefficient (Wildman–Crippen LogP) is 5.70. The van der Waals surface area contributed by atoms with E-state index in [0.29, 0.717) is 34.4 Å². The van der Waals surface area contributed by atoms with E-state index in [1.807, 2.05) is 10.7 Å². The van der Waals surface area contributed by atoms with Crippen molar-refractivity contribution in [3.8, 4) is 0 Å². The lowest BCUT2D eigenvalue weighted by molar-refractivity contribution is -0.121. The molecule has 6 nitrogen and oxygen atoms in total. The second-order valence-electron chi connectivity index (χ2n) is 9.32. The van der Waals surface area contributed by atoms with E-state index in [1.165, 1.54) is 0 Å². The molecule has 1 fully saturated rings. The van der Waals surface area contributed by atoms with E-state index in [9.17, 15) is 9.59 Å². The van der Waals surface area contributed by atoms with Crippen molar-refractivity contribution < 1.29 is 9.59 Å². The standard InChI is InChI=1S/C23H30Cl2N4O2/c1-14(2)20-13-18(27-29(20)23(3,4)5)22(31)28-11-7-6-8-19(28)21(30)26-17-12-15(24)9-10-16(17)25/h9-10,12-14,19H,6-8,11H2,1-5H3,(H,26,30). The molecule has 1 saturated heterocycles. The molecule has 2 heterocycles. The first kappa shape index (κ1) is 23.6. The molecule has 2 aromatic rings. The van der Waals surface area contributed by atoms with E-state index in [0.717, 1.165) is 18.5 Å². The number of amides is 2. The van der Waals surface area contributed by atoms with Crippen LogP contribution in [0.3, 0.4) is 0 Å². The fourth-order valence-corrected chi connectivity index (χ4v) is 4.19. The summed E-state index contributed by atoms with van der Waals surface area (Å²) in [5, 5.41) is 8.35. The zero-order chi connectivity index (χ0) is 22.9. The summed E-state index contributed by atoms with van der Waals surface area (Å²) in [6, 6.07) is 6.18. The van der Waals surface area contributed by atoms with Crippen molar-refractivity contribution in [1.29, 1.82) is 0 Å². The van der Waals surface area contributed by atoms with E-state index in [1.54, 1.807) is 23.1 Å². The van der Waals surface area contributed by atoms with Gasteiger partial charge in [0.15, 0.2) is 5.69 Å². The van der Waals surface area contributed by atoms with Crippen molar-refractivity contribution in [3.05, 3.63) is 45.7 Å². The number of aromatic nitrogens is 2. The minimum Gasteiger partial charge on any atom is -0.325 e. The number of carbonyl (C=O) groups is 2. The Morgan fingerprint density at radius 3 is 2.48 bits per heavy atom. The minimum atomic E-state index is -0.585. The summed E-state index contributed by atoms with van der Waals surface area (Å²) in [5.74, 6) is -0.266. The van der Waals surface area contributed by atoms with Gasteiger partial charge in [0.2, 0.25) is 5.91 Å². The Hall–Kier alpha value is -2.05. The molecule has 0 radical (unpaired) electrons. The smallest absolute Gasteiger partial charge is 0.275 e. The number of hydrogen-bond donors (Lipinski definition) is 1. The monoisotopic (exact) mass is 464 g/mol. The quantitative estimate of drug-likeness (QED) is 0.630. The molecular weight excluding hydrogens is 435 g/mol. The number of nitrogens with zero attached hydrogens (tertiary/aromatic N) is 3. The Morgan fingerprint density at radius 2 is 1.87 bits per heavy atom. The molecule has 1 aliphatic rings. The topological polar surface area (TPSA) is 67.2 Å².